The van der Waals surface area contributed by atoms with E-state index in [4.69, 9.17) is 9.47 Å². The summed E-state index contributed by atoms with van der Waals surface area (Å²) in [6.45, 7) is 7.93. The van der Waals surface area contributed by atoms with E-state index in [0.29, 0.717) is 6.54 Å². The highest BCUT2D eigenvalue weighted by molar-refractivity contribution is 5.67. The lowest BCUT2D eigenvalue weighted by Gasteiger charge is -2.32. The molecule has 2 aliphatic rings. The van der Waals surface area contributed by atoms with Gasteiger partial charge in [0, 0.05) is 12.0 Å². The van der Waals surface area contributed by atoms with E-state index in [1.54, 1.807) is 0 Å². The van der Waals surface area contributed by atoms with Crippen LogP contribution in [0.4, 0.5) is 4.79 Å². The second-order valence-corrected chi connectivity index (χ2v) is 8.70. The number of aliphatic hydroxyl groups is 1. The maximum atomic E-state index is 11.8. The molecule has 0 aromatic heterocycles. The smallest absolute Gasteiger partial charge is 0.407 e. The molecule has 2 atom stereocenters. The third kappa shape index (κ3) is 5.35. The summed E-state index contributed by atoms with van der Waals surface area (Å²) in [6, 6.07) is 0. The molecule has 1 spiro atoms. The van der Waals surface area contributed by atoms with Gasteiger partial charge in [-0.15, -0.1) is 0 Å². The minimum absolute atomic E-state index is 0.0235. The van der Waals surface area contributed by atoms with Crippen LogP contribution < -0.4 is 5.32 Å². The third-order valence-corrected chi connectivity index (χ3v) is 5.01. The highest BCUT2D eigenvalue weighted by Gasteiger charge is 2.44. The first-order valence-corrected chi connectivity index (χ1v) is 8.91. The van der Waals surface area contributed by atoms with Crippen LogP contribution in [0.3, 0.4) is 0 Å². The lowest BCUT2D eigenvalue weighted by atomic mass is 9.84. The van der Waals surface area contributed by atoms with Crippen LogP contribution >= 0.6 is 0 Å². The van der Waals surface area contributed by atoms with Crippen LogP contribution in [0.1, 0.15) is 72.6 Å². The largest absolute Gasteiger partial charge is 0.444 e. The van der Waals surface area contributed by atoms with Gasteiger partial charge in [-0.05, 0) is 52.9 Å². The topological polar surface area (TPSA) is 67.8 Å². The molecule has 0 bridgehead atoms. The average molecular weight is 327 g/mol. The van der Waals surface area contributed by atoms with Crippen LogP contribution in [0.15, 0.2) is 0 Å². The Balaban J connectivity index is 1.82. The monoisotopic (exact) mass is 327 g/mol. The van der Waals surface area contributed by atoms with E-state index in [9.17, 15) is 9.90 Å². The Morgan fingerprint density at radius 3 is 2.48 bits per heavy atom. The standard InChI is InChI=1S/C18H33NO4/c1-16(2,3)23-15(21)19-12-17(4,13-20)11-14-7-10-18(22-14)8-5-6-9-18/h14,20H,5-13H2,1-4H3,(H,19,21). The first-order valence-electron chi connectivity index (χ1n) is 8.91. The van der Waals surface area contributed by atoms with Gasteiger partial charge in [0.05, 0.1) is 18.3 Å². The van der Waals surface area contributed by atoms with Crippen molar-refractivity contribution in [2.45, 2.75) is 89.9 Å². The molecule has 0 aromatic carbocycles. The number of nitrogens with one attached hydrogen (secondary N) is 1. The lowest BCUT2D eigenvalue weighted by molar-refractivity contribution is -0.0574. The zero-order valence-corrected chi connectivity index (χ0v) is 15.1. The summed E-state index contributed by atoms with van der Waals surface area (Å²) in [5, 5.41) is 12.6. The SMILES string of the molecule is CC(CO)(CNC(=O)OC(C)(C)C)CC1CCC2(CCCC2)O1. The lowest BCUT2D eigenvalue weighted by Crippen LogP contribution is -2.42. The summed E-state index contributed by atoms with van der Waals surface area (Å²) < 4.78 is 11.6. The molecule has 2 fully saturated rings. The molecule has 5 nitrogen and oxygen atoms in total. The number of hydrogen-bond acceptors (Lipinski definition) is 4. The van der Waals surface area contributed by atoms with Gasteiger partial charge < -0.3 is 19.9 Å². The molecule has 2 N–H and O–H groups in total. The normalized spacial score (nSPS) is 26.2. The summed E-state index contributed by atoms with van der Waals surface area (Å²) >= 11 is 0. The van der Waals surface area contributed by atoms with Crippen LogP contribution in [0, 0.1) is 5.41 Å². The Bertz CT molecular complexity index is 412. The molecule has 134 valence electrons. The molecule has 5 heteroatoms. The van der Waals surface area contributed by atoms with Crippen molar-refractivity contribution in [3.63, 3.8) is 0 Å². The predicted molar refractivity (Wildman–Crippen MR) is 89.4 cm³/mol. The van der Waals surface area contributed by atoms with Crippen molar-refractivity contribution < 1.29 is 19.4 Å². The second kappa shape index (κ2) is 6.98. The summed E-state index contributed by atoms with van der Waals surface area (Å²) in [5.41, 5.74) is -0.783. The van der Waals surface area contributed by atoms with Crippen LogP contribution in [-0.4, -0.2) is 41.7 Å². The fourth-order valence-corrected chi connectivity index (χ4v) is 3.77. The van der Waals surface area contributed by atoms with Gasteiger partial charge in [-0.2, -0.15) is 0 Å². The van der Waals surface area contributed by atoms with Gasteiger partial charge in [-0.1, -0.05) is 19.8 Å². The van der Waals surface area contributed by atoms with Crippen molar-refractivity contribution in [2.75, 3.05) is 13.2 Å². The van der Waals surface area contributed by atoms with Crippen LogP contribution in [0.5, 0.6) is 0 Å². The van der Waals surface area contributed by atoms with Crippen molar-refractivity contribution in [3.8, 4) is 0 Å². The number of carbonyl (C=O) groups is 1. The number of alkyl carbamates (subject to hydrolysis) is 1. The minimum atomic E-state index is -0.511. The zero-order valence-electron chi connectivity index (χ0n) is 15.1. The molecular formula is C18H33NO4. The molecule has 23 heavy (non-hydrogen) atoms. The first kappa shape index (κ1) is 18.5. The van der Waals surface area contributed by atoms with Crippen LogP contribution in [0.25, 0.3) is 0 Å². The van der Waals surface area contributed by atoms with Crippen LogP contribution in [0.2, 0.25) is 0 Å². The number of amides is 1. The Hall–Kier alpha value is -0.810. The summed E-state index contributed by atoms with van der Waals surface area (Å²) in [6.07, 6.45) is 7.60. The van der Waals surface area contributed by atoms with E-state index in [0.717, 1.165) is 19.3 Å². The quantitative estimate of drug-likeness (QED) is 0.812. The third-order valence-electron chi connectivity index (χ3n) is 5.01. The van der Waals surface area contributed by atoms with Gasteiger partial charge in [0.1, 0.15) is 5.60 Å². The van der Waals surface area contributed by atoms with E-state index < -0.39 is 11.7 Å². The van der Waals surface area contributed by atoms with Crippen LogP contribution in [-0.2, 0) is 9.47 Å². The molecule has 1 amide bonds. The predicted octanol–water partition coefficient (Wildman–Crippen LogP) is 3.39. The molecule has 2 unspecified atom stereocenters. The van der Waals surface area contributed by atoms with Crippen molar-refractivity contribution in [2.24, 2.45) is 5.41 Å². The average Bonchev–Trinajstić information content (AvgIpc) is 3.06. The van der Waals surface area contributed by atoms with Crippen molar-refractivity contribution >= 4 is 6.09 Å². The van der Waals surface area contributed by atoms with Gasteiger partial charge in [-0.25, -0.2) is 4.79 Å². The van der Waals surface area contributed by atoms with Gasteiger partial charge in [0.15, 0.2) is 0 Å². The van der Waals surface area contributed by atoms with E-state index in [2.05, 4.69) is 5.32 Å². The Morgan fingerprint density at radius 2 is 1.91 bits per heavy atom. The Morgan fingerprint density at radius 1 is 1.26 bits per heavy atom. The summed E-state index contributed by atoms with van der Waals surface area (Å²) in [7, 11) is 0. The second-order valence-electron chi connectivity index (χ2n) is 8.70. The fourth-order valence-electron chi connectivity index (χ4n) is 3.77. The maximum Gasteiger partial charge on any atom is 0.407 e. The molecule has 0 aromatic rings. The minimum Gasteiger partial charge on any atom is -0.444 e. The highest BCUT2D eigenvalue weighted by atomic mass is 16.6. The van der Waals surface area contributed by atoms with Crippen molar-refractivity contribution in [3.05, 3.63) is 0 Å². The Labute approximate surface area is 140 Å². The van der Waals surface area contributed by atoms with Gasteiger partial charge >= 0.3 is 6.09 Å². The fraction of sp³-hybridized carbons (Fsp3) is 0.944. The number of carbonyl (C=O) groups excluding carboxylic acids is 1. The molecule has 2 rings (SSSR count). The molecular weight excluding hydrogens is 294 g/mol. The van der Waals surface area contributed by atoms with Crippen molar-refractivity contribution in [1.82, 2.24) is 5.32 Å². The number of ether oxygens (including phenoxy) is 2. The molecule has 1 aliphatic heterocycles. The van der Waals surface area contributed by atoms with E-state index in [1.165, 1.54) is 25.7 Å². The molecule has 1 saturated heterocycles. The number of rotatable bonds is 5. The summed E-state index contributed by atoms with van der Waals surface area (Å²) in [5.74, 6) is 0. The van der Waals surface area contributed by atoms with Gasteiger partial charge in [0.25, 0.3) is 0 Å². The Kier molecular flexibility index (Phi) is 5.62. The van der Waals surface area contributed by atoms with Crippen molar-refractivity contribution in [1.29, 1.82) is 0 Å². The number of aliphatic hydroxyl groups excluding tert-OH is 1. The van der Waals surface area contributed by atoms with E-state index in [-0.39, 0.29) is 23.7 Å². The van der Waals surface area contributed by atoms with E-state index in [1.807, 2.05) is 27.7 Å². The molecule has 1 saturated carbocycles. The van der Waals surface area contributed by atoms with E-state index >= 15 is 0 Å². The molecule has 0 radical (unpaired) electrons. The number of hydrogen-bond donors (Lipinski definition) is 2. The molecule has 1 heterocycles. The van der Waals surface area contributed by atoms with Gasteiger partial charge in [-0.3, -0.25) is 0 Å². The molecule has 1 aliphatic carbocycles. The highest BCUT2D eigenvalue weighted by Crippen LogP contribution is 2.45. The summed E-state index contributed by atoms with van der Waals surface area (Å²) in [4.78, 5) is 11.8. The van der Waals surface area contributed by atoms with Gasteiger partial charge in [0.2, 0.25) is 0 Å². The maximum absolute atomic E-state index is 11.8. The first-order chi connectivity index (χ1) is 10.7. The zero-order chi connectivity index (χ0) is 17.1.